The summed E-state index contributed by atoms with van der Waals surface area (Å²) in [6, 6.07) is 14.3. The second-order valence-corrected chi connectivity index (χ2v) is 8.35. The third kappa shape index (κ3) is 4.95. The Morgan fingerprint density at radius 1 is 1.15 bits per heavy atom. The standard InChI is InChI=1S/C18H16BrN3O4S/c1-12-9-16(21-26-12)11-20-18(23)13-3-2-4-17(10-13)27(24,25)22-15-7-5-14(19)6-8-15/h2-10,22H,11H2,1H3,(H,20,23). The molecule has 1 amide bonds. The Hall–Kier alpha value is -2.65. The average molecular weight is 450 g/mol. The van der Waals surface area contributed by atoms with E-state index in [1.54, 1.807) is 43.3 Å². The molecule has 3 aromatic rings. The average Bonchev–Trinajstić information content (AvgIpc) is 3.07. The SMILES string of the molecule is Cc1cc(CNC(=O)c2cccc(S(=O)(=O)Nc3ccc(Br)cc3)c2)no1. The molecule has 0 aliphatic heterocycles. The van der Waals surface area contributed by atoms with Crippen molar-refractivity contribution >= 4 is 37.5 Å². The molecule has 7 nitrogen and oxygen atoms in total. The van der Waals surface area contributed by atoms with Gasteiger partial charge in [0, 0.05) is 21.8 Å². The summed E-state index contributed by atoms with van der Waals surface area (Å²) in [6.07, 6.45) is 0. The van der Waals surface area contributed by atoms with Crippen LogP contribution in [0.2, 0.25) is 0 Å². The van der Waals surface area contributed by atoms with Gasteiger partial charge in [-0.1, -0.05) is 27.2 Å². The van der Waals surface area contributed by atoms with Crippen molar-refractivity contribution in [2.24, 2.45) is 0 Å². The summed E-state index contributed by atoms with van der Waals surface area (Å²) < 4.78 is 33.4. The van der Waals surface area contributed by atoms with E-state index in [1.807, 2.05) is 0 Å². The lowest BCUT2D eigenvalue weighted by atomic mass is 10.2. The van der Waals surface area contributed by atoms with E-state index in [0.29, 0.717) is 17.1 Å². The zero-order valence-electron chi connectivity index (χ0n) is 14.3. The van der Waals surface area contributed by atoms with Crippen LogP contribution in [0.1, 0.15) is 21.8 Å². The quantitative estimate of drug-likeness (QED) is 0.599. The number of aryl methyl sites for hydroxylation is 1. The van der Waals surface area contributed by atoms with Gasteiger partial charge in [0.1, 0.15) is 11.5 Å². The van der Waals surface area contributed by atoms with Crippen molar-refractivity contribution in [3.8, 4) is 0 Å². The summed E-state index contributed by atoms with van der Waals surface area (Å²) in [4.78, 5) is 12.3. The van der Waals surface area contributed by atoms with Crippen molar-refractivity contribution in [1.82, 2.24) is 10.5 Å². The summed E-state index contributed by atoms with van der Waals surface area (Å²) in [5.74, 6) is 0.239. The Kier molecular flexibility index (Phi) is 5.62. The van der Waals surface area contributed by atoms with Gasteiger partial charge >= 0.3 is 0 Å². The number of rotatable bonds is 6. The highest BCUT2D eigenvalue weighted by Crippen LogP contribution is 2.19. The lowest BCUT2D eigenvalue weighted by molar-refractivity contribution is 0.0950. The first-order valence-electron chi connectivity index (χ1n) is 7.92. The lowest BCUT2D eigenvalue weighted by Gasteiger charge is -2.10. The molecule has 2 aromatic carbocycles. The van der Waals surface area contributed by atoms with Gasteiger partial charge in [0.15, 0.2) is 0 Å². The molecular formula is C18H16BrN3O4S. The number of nitrogens with zero attached hydrogens (tertiary/aromatic N) is 1. The van der Waals surface area contributed by atoms with E-state index in [2.05, 4.69) is 31.1 Å². The third-order valence-corrected chi connectivity index (χ3v) is 5.52. The van der Waals surface area contributed by atoms with Gasteiger partial charge in [-0.25, -0.2) is 8.42 Å². The molecule has 2 N–H and O–H groups in total. The van der Waals surface area contributed by atoms with Gasteiger partial charge in [-0.3, -0.25) is 9.52 Å². The van der Waals surface area contributed by atoms with Crippen LogP contribution >= 0.6 is 15.9 Å². The van der Waals surface area contributed by atoms with Crippen LogP contribution in [0.3, 0.4) is 0 Å². The number of amides is 1. The molecule has 0 saturated heterocycles. The number of nitrogens with one attached hydrogen (secondary N) is 2. The summed E-state index contributed by atoms with van der Waals surface area (Å²) in [6.45, 7) is 1.94. The van der Waals surface area contributed by atoms with Gasteiger partial charge in [-0.15, -0.1) is 0 Å². The van der Waals surface area contributed by atoms with E-state index in [-0.39, 0.29) is 17.0 Å². The molecule has 0 aliphatic carbocycles. The predicted molar refractivity (Wildman–Crippen MR) is 104 cm³/mol. The highest BCUT2D eigenvalue weighted by molar-refractivity contribution is 9.10. The summed E-state index contributed by atoms with van der Waals surface area (Å²) in [5, 5.41) is 6.47. The number of benzene rings is 2. The maximum Gasteiger partial charge on any atom is 0.261 e. The number of carbonyl (C=O) groups excluding carboxylic acids is 1. The maximum absolute atomic E-state index is 12.6. The minimum absolute atomic E-state index is 0.00431. The third-order valence-electron chi connectivity index (χ3n) is 3.61. The molecule has 0 fully saturated rings. The first kappa shape index (κ1) is 19.1. The number of hydrogen-bond acceptors (Lipinski definition) is 5. The largest absolute Gasteiger partial charge is 0.361 e. The van der Waals surface area contributed by atoms with Crippen LogP contribution < -0.4 is 10.0 Å². The minimum Gasteiger partial charge on any atom is -0.361 e. The Morgan fingerprint density at radius 3 is 2.56 bits per heavy atom. The number of halogens is 1. The van der Waals surface area contributed by atoms with Crippen LogP contribution in [0.5, 0.6) is 0 Å². The van der Waals surface area contributed by atoms with Crippen LogP contribution in [-0.4, -0.2) is 19.5 Å². The number of aromatic nitrogens is 1. The van der Waals surface area contributed by atoms with E-state index < -0.39 is 15.9 Å². The van der Waals surface area contributed by atoms with Gasteiger partial charge in [-0.2, -0.15) is 0 Å². The second kappa shape index (κ2) is 7.93. The summed E-state index contributed by atoms with van der Waals surface area (Å²) >= 11 is 3.30. The van der Waals surface area contributed by atoms with Crippen LogP contribution in [-0.2, 0) is 16.6 Å². The molecule has 140 valence electrons. The van der Waals surface area contributed by atoms with E-state index in [9.17, 15) is 13.2 Å². The van der Waals surface area contributed by atoms with Crippen molar-refractivity contribution in [2.75, 3.05) is 4.72 Å². The van der Waals surface area contributed by atoms with Crippen LogP contribution in [0, 0.1) is 6.92 Å². The van der Waals surface area contributed by atoms with Gasteiger partial charge in [-0.05, 0) is 49.4 Å². The van der Waals surface area contributed by atoms with E-state index in [1.165, 1.54) is 18.2 Å². The van der Waals surface area contributed by atoms with Crippen LogP contribution in [0.15, 0.2) is 68.5 Å². The van der Waals surface area contributed by atoms with Crippen molar-refractivity contribution < 1.29 is 17.7 Å². The minimum atomic E-state index is -3.82. The molecule has 1 heterocycles. The summed E-state index contributed by atoms with van der Waals surface area (Å²) in [7, 11) is -3.82. The number of carbonyl (C=O) groups is 1. The van der Waals surface area contributed by atoms with E-state index >= 15 is 0 Å². The Morgan fingerprint density at radius 2 is 1.89 bits per heavy atom. The molecule has 1 aromatic heterocycles. The van der Waals surface area contributed by atoms with Gasteiger partial charge in [0.2, 0.25) is 0 Å². The predicted octanol–water partition coefficient (Wildman–Crippen LogP) is 3.48. The molecule has 27 heavy (non-hydrogen) atoms. The first-order chi connectivity index (χ1) is 12.8. The van der Waals surface area contributed by atoms with Crippen molar-refractivity contribution in [3.05, 3.63) is 76.1 Å². The van der Waals surface area contributed by atoms with Crippen LogP contribution in [0.4, 0.5) is 5.69 Å². The number of anilines is 1. The van der Waals surface area contributed by atoms with Crippen LogP contribution in [0.25, 0.3) is 0 Å². The fourth-order valence-corrected chi connectivity index (χ4v) is 3.68. The molecule has 0 spiro atoms. The normalized spacial score (nSPS) is 11.2. The fourth-order valence-electron chi connectivity index (χ4n) is 2.31. The van der Waals surface area contributed by atoms with Gasteiger partial charge in [0.25, 0.3) is 15.9 Å². The molecule has 0 unspecified atom stereocenters. The zero-order valence-corrected chi connectivity index (χ0v) is 16.7. The molecule has 0 saturated carbocycles. The maximum atomic E-state index is 12.6. The van der Waals surface area contributed by atoms with Crippen molar-refractivity contribution in [1.29, 1.82) is 0 Å². The van der Waals surface area contributed by atoms with Gasteiger partial charge < -0.3 is 9.84 Å². The molecule has 9 heteroatoms. The lowest BCUT2D eigenvalue weighted by Crippen LogP contribution is -2.23. The second-order valence-electron chi connectivity index (χ2n) is 5.75. The van der Waals surface area contributed by atoms with E-state index in [4.69, 9.17) is 4.52 Å². The molecule has 0 aliphatic rings. The first-order valence-corrected chi connectivity index (χ1v) is 10.2. The van der Waals surface area contributed by atoms with Crippen molar-refractivity contribution in [2.45, 2.75) is 18.4 Å². The number of hydrogen-bond donors (Lipinski definition) is 2. The Bertz CT molecular complexity index is 1060. The molecular weight excluding hydrogens is 434 g/mol. The highest BCUT2D eigenvalue weighted by atomic mass is 79.9. The monoisotopic (exact) mass is 449 g/mol. The topological polar surface area (TPSA) is 101 Å². The smallest absolute Gasteiger partial charge is 0.261 e. The molecule has 3 rings (SSSR count). The molecule has 0 atom stereocenters. The Labute approximate surface area is 164 Å². The zero-order chi connectivity index (χ0) is 19.4. The van der Waals surface area contributed by atoms with Gasteiger partial charge in [0.05, 0.1) is 11.4 Å². The molecule has 0 bridgehead atoms. The highest BCUT2D eigenvalue weighted by Gasteiger charge is 2.17. The fraction of sp³-hybridized carbons (Fsp3) is 0.111. The molecule has 0 radical (unpaired) electrons. The summed E-state index contributed by atoms with van der Waals surface area (Å²) in [5.41, 5.74) is 1.24. The van der Waals surface area contributed by atoms with E-state index in [0.717, 1.165) is 4.47 Å². The Balaban J connectivity index is 1.73. The number of sulfonamides is 1. The van der Waals surface area contributed by atoms with Crippen molar-refractivity contribution in [3.63, 3.8) is 0 Å².